The van der Waals surface area contributed by atoms with Gasteiger partial charge in [-0.25, -0.2) is 9.37 Å². The highest BCUT2D eigenvalue weighted by Gasteiger charge is 2.29. The van der Waals surface area contributed by atoms with Gasteiger partial charge in [-0.05, 0) is 25.0 Å². The third-order valence-corrected chi connectivity index (χ3v) is 7.58. The van der Waals surface area contributed by atoms with Crippen molar-refractivity contribution >= 4 is 40.6 Å². The number of amides is 2. The Balaban J connectivity index is 1.21. The monoisotopic (exact) mass is 523 g/mol. The summed E-state index contributed by atoms with van der Waals surface area (Å²) in [7, 11) is 1.78. The molecule has 10 heteroatoms. The summed E-state index contributed by atoms with van der Waals surface area (Å²) in [5.74, 6) is -0.622. The number of carbonyl (C=O) groups is 2. The third-order valence-electron chi connectivity index (χ3n) is 6.25. The first-order valence-corrected chi connectivity index (χ1v) is 12.8. The lowest BCUT2D eigenvalue weighted by molar-refractivity contribution is 0.0708. The lowest BCUT2D eigenvalue weighted by Gasteiger charge is -2.31. The molecule has 1 saturated heterocycles. The standard InChI is InChI=1S/C26H23ClFN5O2S/c1-32-22(14-20(31-32)16-6-3-2-4-7-16)30-24(34)21-15-36-25(29-21)17-10-12-33(13-11-17)26(35)23-18(27)8-5-9-19(23)28/h2-9,14-15,17H,10-13H2,1H3,(H,30,34). The molecule has 0 radical (unpaired) electrons. The number of nitrogens with zero attached hydrogens (tertiary/aromatic N) is 4. The number of likely N-dealkylation sites (tertiary alicyclic amines) is 1. The zero-order valence-electron chi connectivity index (χ0n) is 19.4. The van der Waals surface area contributed by atoms with Crippen molar-refractivity contribution in [1.29, 1.82) is 0 Å². The Morgan fingerprint density at radius 2 is 1.86 bits per heavy atom. The fraction of sp³-hybridized carbons (Fsp3) is 0.231. The summed E-state index contributed by atoms with van der Waals surface area (Å²) in [6, 6.07) is 15.8. The second-order valence-corrected chi connectivity index (χ2v) is 9.89. The molecule has 0 aliphatic carbocycles. The molecular formula is C26H23ClFN5O2S. The molecule has 1 fully saturated rings. The minimum Gasteiger partial charge on any atom is -0.338 e. The number of piperidine rings is 1. The van der Waals surface area contributed by atoms with Crippen LogP contribution in [-0.4, -0.2) is 44.6 Å². The van der Waals surface area contributed by atoms with Gasteiger partial charge in [-0.15, -0.1) is 11.3 Å². The molecule has 0 bridgehead atoms. The maximum absolute atomic E-state index is 14.2. The summed E-state index contributed by atoms with van der Waals surface area (Å²) in [4.78, 5) is 31.9. The lowest BCUT2D eigenvalue weighted by atomic mass is 9.97. The average Bonchev–Trinajstić information content (AvgIpc) is 3.52. The van der Waals surface area contributed by atoms with Crippen LogP contribution in [0.2, 0.25) is 5.02 Å². The van der Waals surface area contributed by atoms with E-state index >= 15 is 0 Å². The third kappa shape index (κ3) is 4.89. The van der Waals surface area contributed by atoms with Gasteiger partial charge in [0, 0.05) is 43.1 Å². The summed E-state index contributed by atoms with van der Waals surface area (Å²) in [5, 5.41) is 10.1. The summed E-state index contributed by atoms with van der Waals surface area (Å²) >= 11 is 7.49. The van der Waals surface area contributed by atoms with E-state index in [9.17, 15) is 14.0 Å². The van der Waals surface area contributed by atoms with E-state index in [4.69, 9.17) is 11.6 Å². The van der Waals surface area contributed by atoms with Gasteiger partial charge in [0.1, 0.15) is 17.3 Å². The van der Waals surface area contributed by atoms with Gasteiger partial charge in [0.2, 0.25) is 0 Å². The Labute approximate surface area is 216 Å². The number of halogens is 2. The molecule has 1 N–H and O–H groups in total. The van der Waals surface area contributed by atoms with E-state index in [2.05, 4.69) is 15.4 Å². The second-order valence-electron chi connectivity index (χ2n) is 8.59. The van der Waals surface area contributed by atoms with Gasteiger partial charge >= 0.3 is 0 Å². The number of aryl methyl sites for hydroxylation is 1. The molecule has 36 heavy (non-hydrogen) atoms. The Kier molecular flexibility index (Phi) is 6.84. The van der Waals surface area contributed by atoms with Crippen LogP contribution in [0.4, 0.5) is 10.2 Å². The molecule has 0 saturated carbocycles. The van der Waals surface area contributed by atoms with Gasteiger partial charge < -0.3 is 10.2 Å². The summed E-state index contributed by atoms with van der Waals surface area (Å²) in [5.41, 5.74) is 1.99. The molecule has 0 spiro atoms. The number of benzene rings is 2. The maximum Gasteiger partial charge on any atom is 0.276 e. The smallest absolute Gasteiger partial charge is 0.276 e. The van der Waals surface area contributed by atoms with Crippen molar-refractivity contribution in [1.82, 2.24) is 19.7 Å². The zero-order chi connectivity index (χ0) is 25.2. The molecule has 1 aliphatic rings. The van der Waals surface area contributed by atoms with Gasteiger partial charge in [-0.1, -0.05) is 48.0 Å². The van der Waals surface area contributed by atoms with E-state index in [1.807, 2.05) is 36.4 Å². The molecule has 3 heterocycles. The largest absolute Gasteiger partial charge is 0.338 e. The molecular weight excluding hydrogens is 501 g/mol. The van der Waals surface area contributed by atoms with Crippen LogP contribution >= 0.6 is 22.9 Å². The van der Waals surface area contributed by atoms with E-state index in [-0.39, 0.29) is 22.4 Å². The molecule has 7 nitrogen and oxygen atoms in total. The van der Waals surface area contributed by atoms with Crippen molar-refractivity contribution in [3.8, 4) is 11.3 Å². The van der Waals surface area contributed by atoms with E-state index in [0.29, 0.717) is 37.4 Å². The Hall–Kier alpha value is -3.56. The van der Waals surface area contributed by atoms with Crippen molar-refractivity contribution < 1.29 is 14.0 Å². The van der Waals surface area contributed by atoms with Gasteiger partial charge in [0.15, 0.2) is 0 Å². The van der Waals surface area contributed by atoms with Gasteiger partial charge in [0.05, 0.1) is 21.3 Å². The summed E-state index contributed by atoms with van der Waals surface area (Å²) < 4.78 is 15.8. The highest BCUT2D eigenvalue weighted by molar-refractivity contribution is 7.10. The number of nitrogens with one attached hydrogen (secondary N) is 1. The Morgan fingerprint density at radius 3 is 2.58 bits per heavy atom. The van der Waals surface area contributed by atoms with Crippen molar-refractivity contribution in [2.45, 2.75) is 18.8 Å². The first kappa shape index (κ1) is 24.1. The van der Waals surface area contributed by atoms with Crippen LogP contribution in [-0.2, 0) is 7.05 Å². The molecule has 2 aromatic carbocycles. The van der Waals surface area contributed by atoms with E-state index in [0.717, 1.165) is 16.3 Å². The topological polar surface area (TPSA) is 80.1 Å². The predicted molar refractivity (Wildman–Crippen MR) is 138 cm³/mol. The Morgan fingerprint density at radius 1 is 1.11 bits per heavy atom. The zero-order valence-corrected chi connectivity index (χ0v) is 21.0. The first-order chi connectivity index (χ1) is 17.4. The van der Waals surface area contributed by atoms with Crippen molar-refractivity contribution in [3.05, 3.63) is 87.1 Å². The van der Waals surface area contributed by atoms with Gasteiger partial charge in [0.25, 0.3) is 11.8 Å². The average molecular weight is 524 g/mol. The van der Waals surface area contributed by atoms with Crippen molar-refractivity contribution in [2.75, 3.05) is 18.4 Å². The fourth-order valence-electron chi connectivity index (χ4n) is 4.28. The number of carbonyl (C=O) groups excluding carboxylic acids is 2. The van der Waals surface area contributed by atoms with Crippen LogP contribution in [0, 0.1) is 5.82 Å². The first-order valence-electron chi connectivity index (χ1n) is 11.5. The minimum absolute atomic E-state index is 0.0867. The summed E-state index contributed by atoms with van der Waals surface area (Å²) in [6.07, 6.45) is 1.35. The summed E-state index contributed by atoms with van der Waals surface area (Å²) in [6.45, 7) is 0.930. The van der Waals surface area contributed by atoms with E-state index < -0.39 is 11.7 Å². The molecule has 2 aromatic heterocycles. The fourth-order valence-corrected chi connectivity index (χ4v) is 5.50. The van der Waals surface area contributed by atoms with Crippen LogP contribution in [0.15, 0.2) is 60.0 Å². The number of hydrogen-bond donors (Lipinski definition) is 1. The SMILES string of the molecule is Cn1nc(-c2ccccc2)cc1NC(=O)c1csc(C2CCN(C(=O)c3c(F)cccc3Cl)CC2)n1. The molecule has 4 aromatic rings. The minimum atomic E-state index is -0.616. The van der Waals surface area contributed by atoms with E-state index in [1.165, 1.54) is 29.5 Å². The van der Waals surface area contributed by atoms with Crippen molar-refractivity contribution in [3.63, 3.8) is 0 Å². The van der Waals surface area contributed by atoms with Gasteiger partial charge in [-0.3, -0.25) is 14.3 Å². The predicted octanol–water partition coefficient (Wildman–Crippen LogP) is 5.61. The van der Waals surface area contributed by atoms with Crippen LogP contribution in [0.25, 0.3) is 11.3 Å². The molecule has 0 unspecified atom stereocenters. The number of aromatic nitrogens is 3. The number of hydrogen-bond acceptors (Lipinski definition) is 5. The van der Waals surface area contributed by atoms with Crippen LogP contribution in [0.1, 0.15) is 44.6 Å². The molecule has 1 aliphatic heterocycles. The Bertz CT molecular complexity index is 1390. The molecule has 5 rings (SSSR count). The number of thiazole rings is 1. The second kappa shape index (κ2) is 10.2. The van der Waals surface area contributed by atoms with Crippen molar-refractivity contribution in [2.24, 2.45) is 7.05 Å². The van der Waals surface area contributed by atoms with Crippen LogP contribution in [0.3, 0.4) is 0 Å². The molecule has 184 valence electrons. The number of rotatable bonds is 5. The lowest BCUT2D eigenvalue weighted by Crippen LogP contribution is -2.38. The number of anilines is 1. The van der Waals surface area contributed by atoms with E-state index in [1.54, 1.807) is 22.0 Å². The molecule has 2 amide bonds. The normalized spacial score (nSPS) is 14.1. The van der Waals surface area contributed by atoms with Crippen LogP contribution < -0.4 is 5.32 Å². The van der Waals surface area contributed by atoms with Gasteiger partial charge in [-0.2, -0.15) is 5.10 Å². The van der Waals surface area contributed by atoms with Crippen LogP contribution in [0.5, 0.6) is 0 Å². The molecule has 0 atom stereocenters. The highest BCUT2D eigenvalue weighted by atomic mass is 35.5. The maximum atomic E-state index is 14.2. The highest BCUT2D eigenvalue weighted by Crippen LogP contribution is 2.32. The quantitative estimate of drug-likeness (QED) is 0.369.